The molecular formula is C12H24N2O3S. The quantitative estimate of drug-likeness (QED) is 0.772. The van der Waals surface area contributed by atoms with Crippen molar-refractivity contribution in [2.75, 3.05) is 25.4 Å². The molecule has 1 heterocycles. The summed E-state index contributed by atoms with van der Waals surface area (Å²) >= 11 is 0. The number of piperidine rings is 1. The van der Waals surface area contributed by atoms with Crippen LogP contribution in [0.1, 0.15) is 33.6 Å². The van der Waals surface area contributed by atoms with Crippen LogP contribution in [0.3, 0.4) is 0 Å². The van der Waals surface area contributed by atoms with Gasteiger partial charge in [0.05, 0.1) is 5.75 Å². The number of hydrogen-bond donors (Lipinski definition) is 1. The van der Waals surface area contributed by atoms with Crippen LogP contribution in [-0.2, 0) is 14.8 Å². The molecule has 0 aromatic rings. The summed E-state index contributed by atoms with van der Waals surface area (Å²) in [6.07, 6.45) is 1.59. The summed E-state index contributed by atoms with van der Waals surface area (Å²) in [5, 5.41) is 3.10. The zero-order valence-electron chi connectivity index (χ0n) is 11.5. The van der Waals surface area contributed by atoms with Crippen LogP contribution in [-0.4, -0.2) is 49.9 Å². The fraction of sp³-hybridized carbons (Fsp3) is 0.917. The number of nitrogens with one attached hydrogen (secondary N) is 1. The number of carbonyl (C=O) groups is 1. The molecule has 1 unspecified atom stereocenters. The highest BCUT2D eigenvalue weighted by Gasteiger charge is 2.30. The van der Waals surface area contributed by atoms with Crippen molar-refractivity contribution in [3.8, 4) is 0 Å². The lowest BCUT2D eigenvalue weighted by molar-refractivity contribution is -0.121. The third-order valence-corrected chi connectivity index (χ3v) is 5.10. The van der Waals surface area contributed by atoms with E-state index in [0.29, 0.717) is 19.6 Å². The van der Waals surface area contributed by atoms with E-state index in [9.17, 15) is 13.2 Å². The summed E-state index contributed by atoms with van der Waals surface area (Å²) in [6, 6.07) is 0.284. The Hall–Kier alpha value is -0.460. The Bertz CT molecular complexity index is 379. The smallest absolute Gasteiger partial charge is 0.215 e. The van der Waals surface area contributed by atoms with E-state index in [0.717, 1.165) is 12.8 Å². The molecule has 6 heteroatoms. The van der Waals surface area contributed by atoms with Gasteiger partial charge in [-0.25, -0.2) is 12.7 Å². The molecule has 1 rings (SSSR count). The highest BCUT2D eigenvalue weighted by atomic mass is 32.2. The van der Waals surface area contributed by atoms with Gasteiger partial charge in [0, 0.05) is 31.6 Å². The van der Waals surface area contributed by atoms with Gasteiger partial charge in [0.1, 0.15) is 5.78 Å². The first kappa shape index (κ1) is 15.6. The number of carbonyl (C=O) groups excluding carboxylic acids is 1. The Labute approximate surface area is 110 Å². The summed E-state index contributed by atoms with van der Waals surface area (Å²) in [4.78, 5) is 11.3. The molecule has 1 atom stereocenters. The molecule has 0 bridgehead atoms. The van der Waals surface area contributed by atoms with E-state index in [4.69, 9.17) is 0 Å². The Morgan fingerprint density at radius 1 is 1.44 bits per heavy atom. The molecule has 0 radical (unpaired) electrons. The first-order valence-corrected chi connectivity index (χ1v) is 8.15. The second-order valence-corrected chi connectivity index (χ2v) is 7.32. The maximum atomic E-state index is 12.1. The maximum Gasteiger partial charge on any atom is 0.215 e. The van der Waals surface area contributed by atoms with Gasteiger partial charge in [-0.05, 0) is 19.8 Å². The fourth-order valence-corrected chi connectivity index (χ4v) is 3.58. The van der Waals surface area contributed by atoms with Gasteiger partial charge in [0.15, 0.2) is 0 Å². The van der Waals surface area contributed by atoms with Crippen LogP contribution in [0.5, 0.6) is 0 Å². The molecule has 0 amide bonds. The summed E-state index contributed by atoms with van der Waals surface area (Å²) in [5.74, 6) is 0.0808. The zero-order valence-corrected chi connectivity index (χ0v) is 12.3. The van der Waals surface area contributed by atoms with Gasteiger partial charge in [-0.1, -0.05) is 13.8 Å². The molecular weight excluding hydrogens is 252 g/mol. The van der Waals surface area contributed by atoms with Gasteiger partial charge < -0.3 is 5.32 Å². The molecule has 0 aromatic carbocycles. The van der Waals surface area contributed by atoms with Crippen LogP contribution in [0, 0.1) is 5.92 Å². The van der Waals surface area contributed by atoms with E-state index >= 15 is 0 Å². The number of rotatable bonds is 6. The molecule has 18 heavy (non-hydrogen) atoms. The van der Waals surface area contributed by atoms with Crippen molar-refractivity contribution >= 4 is 15.8 Å². The zero-order chi connectivity index (χ0) is 13.8. The molecule has 5 nitrogen and oxygen atoms in total. The number of ketones is 1. The summed E-state index contributed by atoms with van der Waals surface area (Å²) < 4.78 is 25.7. The number of hydrogen-bond acceptors (Lipinski definition) is 4. The standard InChI is InChI=1S/C12H24N2O3S/c1-10(2)13-6-8-18(16,17)14-7-4-5-12(9-14)11(3)15/h10,12-13H,4-9H2,1-3H3. The SMILES string of the molecule is CC(=O)C1CCCN(S(=O)(=O)CCNC(C)C)C1. The van der Waals surface area contributed by atoms with Crippen molar-refractivity contribution in [2.24, 2.45) is 5.92 Å². The van der Waals surface area contributed by atoms with Crippen molar-refractivity contribution in [3.63, 3.8) is 0 Å². The van der Waals surface area contributed by atoms with Gasteiger partial charge in [0.25, 0.3) is 0 Å². The van der Waals surface area contributed by atoms with Crippen LogP contribution in [0.2, 0.25) is 0 Å². The fourth-order valence-electron chi connectivity index (χ4n) is 2.13. The molecule has 0 spiro atoms. The van der Waals surface area contributed by atoms with Gasteiger partial charge in [0.2, 0.25) is 10.0 Å². The average molecular weight is 276 g/mol. The minimum absolute atomic E-state index is 0.0928. The number of Topliss-reactive ketones (excluding diaryl/α,β-unsaturated/α-hetero) is 1. The van der Waals surface area contributed by atoms with Gasteiger partial charge in [-0.15, -0.1) is 0 Å². The molecule has 1 fully saturated rings. The van der Waals surface area contributed by atoms with Gasteiger partial charge >= 0.3 is 0 Å². The second-order valence-electron chi connectivity index (χ2n) is 5.23. The molecule has 0 aliphatic carbocycles. The summed E-state index contributed by atoms with van der Waals surface area (Å²) in [5.41, 5.74) is 0. The van der Waals surface area contributed by atoms with Crippen molar-refractivity contribution in [1.29, 1.82) is 0 Å². The molecule has 0 saturated carbocycles. The first-order chi connectivity index (χ1) is 8.33. The van der Waals surface area contributed by atoms with Crippen LogP contribution in [0.4, 0.5) is 0 Å². The molecule has 0 aromatic heterocycles. The third kappa shape index (κ3) is 4.66. The van der Waals surface area contributed by atoms with Gasteiger partial charge in [-0.3, -0.25) is 4.79 Å². The maximum absolute atomic E-state index is 12.1. The van der Waals surface area contributed by atoms with E-state index in [1.807, 2.05) is 13.8 Å². The molecule has 106 valence electrons. The van der Waals surface area contributed by atoms with Crippen LogP contribution < -0.4 is 5.32 Å². The lowest BCUT2D eigenvalue weighted by Crippen LogP contribution is -2.44. The Morgan fingerprint density at radius 3 is 2.67 bits per heavy atom. The molecule has 1 aliphatic heterocycles. The van der Waals surface area contributed by atoms with E-state index in [1.165, 1.54) is 4.31 Å². The van der Waals surface area contributed by atoms with Crippen molar-refractivity contribution in [3.05, 3.63) is 0 Å². The topological polar surface area (TPSA) is 66.5 Å². The van der Waals surface area contributed by atoms with Gasteiger partial charge in [-0.2, -0.15) is 0 Å². The molecule has 1 saturated heterocycles. The minimum atomic E-state index is -3.23. The third-order valence-electron chi connectivity index (χ3n) is 3.27. The molecule has 1 aliphatic rings. The van der Waals surface area contributed by atoms with Crippen molar-refractivity contribution in [2.45, 2.75) is 39.7 Å². The minimum Gasteiger partial charge on any atom is -0.313 e. The van der Waals surface area contributed by atoms with Crippen LogP contribution in [0.25, 0.3) is 0 Å². The van der Waals surface area contributed by atoms with E-state index in [-0.39, 0.29) is 23.5 Å². The predicted molar refractivity (Wildman–Crippen MR) is 71.9 cm³/mol. The predicted octanol–water partition coefficient (Wildman–Crippen LogP) is 0.615. The lowest BCUT2D eigenvalue weighted by Gasteiger charge is -2.30. The molecule has 1 N–H and O–H groups in total. The highest BCUT2D eigenvalue weighted by molar-refractivity contribution is 7.89. The number of nitrogens with zero attached hydrogens (tertiary/aromatic N) is 1. The van der Waals surface area contributed by atoms with E-state index in [1.54, 1.807) is 6.92 Å². The van der Waals surface area contributed by atoms with E-state index in [2.05, 4.69) is 5.32 Å². The van der Waals surface area contributed by atoms with Crippen molar-refractivity contribution < 1.29 is 13.2 Å². The highest BCUT2D eigenvalue weighted by Crippen LogP contribution is 2.19. The largest absolute Gasteiger partial charge is 0.313 e. The lowest BCUT2D eigenvalue weighted by atomic mass is 9.96. The normalized spacial score (nSPS) is 22.3. The Kier molecular flexibility index (Phi) is 5.75. The van der Waals surface area contributed by atoms with E-state index < -0.39 is 10.0 Å². The van der Waals surface area contributed by atoms with Crippen molar-refractivity contribution in [1.82, 2.24) is 9.62 Å². The second kappa shape index (κ2) is 6.63. The average Bonchev–Trinajstić information content (AvgIpc) is 2.28. The summed E-state index contributed by atoms with van der Waals surface area (Å²) in [7, 11) is -3.23. The van der Waals surface area contributed by atoms with Crippen LogP contribution in [0.15, 0.2) is 0 Å². The monoisotopic (exact) mass is 276 g/mol. The number of sulfonamides is 1. The summed E-state index contributed by atoms with van der Waals surface area (Å²) in [6.45, 7) is 6.88. The Balaban J connectivity index is 2.53. The first-order valence-electron chi connectivity index (χ1n) is 6.54. The Morgan fingerprint density at radius 2 is 2.11 bits per heavy atom. The van der Waals surface area contributed by atoms with Crippen LogP contribution >= 0.6 is 0 Å².